The van der Waals surface area contributed by atoms with Gasteiger partial charge in [0.15, 0.2) is 5.78 Å². The van der Waals surface area contributed by atoms with Crippen molar-refractivity contribution < 1.29 is 19.1 Å². The summed E-state index contributed by atoms with van der Waals surface area (Å²) in [5.74, 6) is -0.819. The minimum absolute atomic E-state index is 0.175. The Balaban J connectivity index is 2.16. The van der Waals surface area contributed by atoms with Crippen molar-refractivity contribution in [2.45, 2.75) is 26.7 Å². The van der Waals surface area contributed by atoms with E-state index in [-0.39, 0.29) is 24.1 Å². The quantitative estimate of drug-likeness (QED) is 0.471. The van der Waals surface area contributed by atoms with Gasteiger partial charge < -0.3 is 10.1 Å². The summed E-state index contributed by atoms with van der Waals surface area (Å²) in [5.41, 5.74) is 3.15. The molecule has 0 heterocycles. The molecule has 0 saturated carbocycles. The van der Waals surface area contributed by atoms with Crippen LogP contribution in [0.25, 0.3) is 0 Å². The van der Waals surface area contributed by atoms with Crippen molar-refractivity contribution in [3.63, 3.8) is 0 Å². The molecule has 0 bridgehead atoms. The summed E-state index contributed by atoms with van der Waals surface area (Å²) in [7, 11) is 1.33. The molecule has 0 aliphatic heterocycles. The summed E-state index contributed by atoms with van der Waals surface area (Å²) < 4.78 is 4.57. The van der Waals surface area contributed by atoms with Crippen molar-refractivity contribution in [2.75, 3.05) is 13.7 Å². The highest BCUT2D eigenvalue weighted by molar-refractivity contribution is 6.15. The van der Waals surface area contributed by atoms with Crippen LogP contribution < -0.4 is 5.32 Å². The zero-order valence-electron chi connectivity index (χ0n) is 15.3. The number of esters is 1. The van der Waals surface area contributed by atoms with Crippen LogP contribution in [0, 0.1) is 13.8 Å². The maximum atomic E-state index is 13.0. The molecule has 136 valence electrons. The van der Waals surface area contributed by atoms with E-state index in [1.165, 1.54) is 7.11 Å². The van der Waals surface area contributed by atoms with E-state index >= 15 is 0 Å². The highest BCUT2D eigenvalue weighted by atomic mass is 16.5. The summed E-state index contributed by atoms with van der Waals surface area (Å²) in [6.45, 7) is 4.14. The molecule has 1 amide bonds. The normalized spacial score (nSPS) is 10.3. The van der Waals surface area contributed by atoms with Crippen molar-refractivity contribution in [2.24, 2.45) is 0 Å². The minimum atomic E-state index is -0.330. The lowest BCUT2D eigenvalue weighted by atomic mass is 9.94. The molecule has 0 saturated heterocycles. The number of carbonyl (C=O) groups is 3. The van der Waals surface area contributed by atoms with E-state index in [4.69, 9.17) is 0 Å². The van der Waals surface area contributed by atoms with Crippen LogP contribution in [0.3, 0.4) is 0 Å². The molecule has 5 heteroatoms. The first-order chi connectivity index (χ1) is 12.4. The number of carbonyl (C=O) groups excluding carboxylic acids is 3. The Morgan fingerprint density at radius 1 is 0.962 bits per heavy atom. The second-order valence-corrected chi connectivity index (χ2v) is 6.13. The van der Waals surface area contributed by atoms with E-state index in [9.17, 15) is 14.4 Å². The molecular weight excluding hydrogens is 330 g/mol. The molecule has 0 aliphatic rings. The minimum Gasteiger partial charge on any atom is -0.469 e. The van der Waals surface area contributed by atoms with Gasteiger partial charge in [-0.3, -0.25) is 14.4 Å². The van der Waals surface area contributed by atoms with Crippen molar-refractivity contribution in [1.82, 2.24) is 5.32 Å². The number of rotatable bonds is 7. The predicted molar refractivity (Wildman–Crippen MR) is 99.4 cm³/mol. The second-order valence-electron chi connectivity index (χ2n) is 6.13. The van der Waals surface area contributed by atoms with Crippen molar-refractivity contribution in [3.05, 3.63) is 70.3 Å². The average molecular weight is 353 g/mol. The van der Waals surface area contributed by atoms with Gasteiger partial charge in [0.2, 0.25) is 0 Å². The molecule has 26 heavy (non-hydrogen) atoms. The fourth-order valence-corrected chi connectivity index (χ4v) is 2.64. The van der Waals surface area contributed by atoms with Gasteiger partial charge >= 0.3 is 5.97 Å². The van der Waals surface area contributed by atoms with Crippen LogP contribution in [0.15, 0.2) is 42.5 Å². The van der Waals surface area contributed by atoms with Crippen molar-refractivity contribution in [1.29, 1.82) is 0 Å². The Labute approximate surface area is 153 Å². The standard InChI is InChI=1S/C21H23NO4/c1-14-10-11-15(2)18(13-14)20(24)16-7-4-5-8-17(16)21(25)22-12-6-9-19(23)26-3/h4-5,7-8,10-11,13H,6,9,12H2,1-3H3,(H,22,25). The molecule has 0 spiro atoms. The van der Waals surface area contributed by atoms with E-state index in [2.05, 4.69) is 10.1 Å². The summed E-state index contributed by atoms with van der Waals surface area (Å²) in [5, 5.41) is 2.75. The highest BCUT2D eigenvalue weighted by Crippen LogP contribution is 2.19. The Bertz CT molecular complexity index is 827. The molecular formula is C21H23NO4. The number of aryl methyl sites for hydroxylation is 2. The first-order valence-corrected chi connectivity index (χ1v) is 8.50. The van der Waals surface area contributed by atoms with Crippen LogP contribution in [0.4, 0.5) is 0 Å². The summed E-state index contributed by atoms with van der Waals surface area (Å²) >= 11 is 0. The molecule has 0 aromatic heterocycles. The zero-order valence-corrected chi connectivity index (χ0v) is 15.3. The van der Waals surface area contributed by atoms with Crippen LogP contribution >= 0.6 is 0 Å². The molecule has 2 rings (SSSR count). The van der Waals surface area contributed by atoms with Crippen LogP contribution in [0.5, 0.6) is 0 Å². The number of hydrogen-bond donors (Lipinski definition) is 1. The Morgan fingerprint density at radius 3 is 2.35 bits per heavy atom. The van der Waals surface area contributed by atoms with Gasteiger partial charge in [0.05, 0.1) is 12.7 Å². The van der Waals surface area contributed by atoms with Gasteiger partial charge in [-0.05, 0) is 38.0 Å². The number of hydrogen-bond acceptors (Lipinski definition) is 4. The van der Waals surface area contributed by atoms with Gasteiger partial charge in [-0.15, -0.1) is 0 Å². The van der Waals surface area contributed by atoms with E-state index < -0.39 is 0 Å². The van der Waals surface area contributed by atoms with Crippen LogP contribution in [0.1, 0.15) is 50.2 Å². The fourth-order valence-electron chi connectivity index (χ4n) is 2.64. The molecule has 0 fully saturated rings. The molecule has 2 aromatic rings. The lowest BCUT2D eigenvalue weighted by molar-refractivity contribution is -0.140. The van der Waals surface area contributed by atoms with Crippen LogP contribution in [-0.4, -0.2) is 31.3 Å². The largest absolute Gasteiger partial charge is 0.469 e. The van der Waals surface area contributed by atoms with E-state index in [1.54, 1.807) is 24.3 Å². The molecule has 0 radical (unpaired) electrons. The van der Waals surface area contributed by atoms with Crippen molar-refractivity contribution in [3.8, 4) is 0 Å². The maximum Gasteiger partial charge on any atom is 0.305 e. The van der Waals surface area contributed by atoms with E-state index in [0.29, 0.717) is 29.7 Å². The van der Waals surface area contributed by atoms with Gasteiger partial charge in [0, 0.05) is 24.1 Å². The monoisotopic (exact) mass is 353 g/mol. The van der Waals surface area contributed by atoms with E-state index in [1.807, 2.05) is 32.0 Å². The summed E-state index contributed by atoms with van der Waals surface area (Å²) in [6, 6.07) is 12.4. The van der Waals surface area contributed by atoms with Crippen molar-refractivity contribution >= 4 is 17.7 Å². The molecule has 0 unspecified atom stereocenters. The van der Waals surface area contributed by atoms with E-state index in [0.717, 1.165) is 11.1 Å². The smallest absolute Gasteiger partial charge is 0.305 e. The van der Waals surface area contributed by atoms with Gasteiger partial charge in [-0.1, -0.05) is 35.9 Å². The number of ether oxygens (including phenoxy) is 1. The lowest BCUT2D eigenvalue weighted by Crippen LogP contribution is -2.27. The maximum absolute atomic E-state index is 13.0. The number of methoxy groups -OCH3 is 1. The van der Waals surface area contributed by atoms with Crippen LogP contribution in [0.2, 0.25) is 0 Å². The Kier molecular flexibility index (Phi) is 6.67. The first kappa shape index (κ1) is 19.4. The molecule has 5 nitrogen and oxygen atoms in total. The number of ketones is 1. The Hall–Kier alpha value is -2.95. The number of benzene rings is 2. The predicted octanol–water partition coefficient (Wildman–Crippen LogP) is 3.22. The number of nitrogens with one attached hydrogen (secondary N) is 1. The zero-order chi connectivity index (χ0) is 19.1. The van der Waals surface area contributed by atoms with Gasteiger partial charge in [0.1, 0.15) is 0 Å². The Morgan fingerprint density at radius 2 is 1.65 bits per heavy atom. The summed E-state index contributed by atoms with van der Waals surface area (Å²) in [4.78, 5) is 36.6. The van der Waals surface area contributed by atoms with Gasteiger partial charge in [-0.2, -0.15) is 0 Å². The first-order valence-electron chi connectivity index (χ1n) is 8.50. The highest BCUT2D eigenvalue weighted by Gasteiger charge is 2.19. The third-order valence-electron chi connectivity index (χ3n) is 4.12. The second kappa shape index (κ2) is 8.94. The van der Waals surface area contributed by atoms with Crippen LogP contribution in [-0.2, 0) is 9.53 Å². The van der Waals surface area contributed by atoms with Gasteiger partial charge in [0.25, 0.3) is 5.91 Å². The third-order valence-corrected chi connectivity index (χ3v) is 4.12. The third kappa shape index (κ3) is 4.79. The topological polar surface area (TPSA) is 72.5 Å². The fraction of sp³-hybridized carbons (Fsp3) is 0.286. The van der Waals surface area contributed by atoms with Gasteiger partial charge in [-0.25, -0.2) is 0 Å². The summed E-state index contributed by atoms with van der Waals surface area (Å²) in [6.07, 6.45) is 0.714. The molecule has 0 atom stereocenters. The molecule has 0 aliphatic carbocycles. The number of amides is 1. The lowest BCUT2D eigenvalue weighted by Gasteiger charge is -2.11. The molecule has 1 N–H and O–H groups in total. The SMILES string of the molecule is COC(=O)CCCNC(=O)c1ccccc1C(=O)c1cc(C)ccc1C. The average Bonchev–Trinajstić information content (AvgIpc) is 2.66. The molecule has 2 aromatic carbocycles.